The number of H-pyrrole nitrogens is 1. The van der Waals surface area contributed by atoms with E-state index >= 15 is 0 Å². The Bertz CT molecular complexity index is 843. The Hall–Kier alpha value is -3.02. The van der Waals surface area contributed by atoms with Gasteiger partial charge in [0.2, 0.25) is 6.10 Å². The molecule has 1 aromatic heterocycles. The number of rotatable bonds is 2. The van der Waals surface area contributed by atoms with Crippen LogP contribution in [0.2, 0.25) is 0 Å². The number of carbonyl (C=O) groups is 1. The molecule has 0 bridgehead atoms. The molecule has 2 heterocycles. The van der Waals surface area contributed by atoms with Crippen molar-refractivity contribution in [1.29, 1.82) is 0 Å². The monoisotopic (exact) mass is 295 g/mol. The average molecular weight is 295 g/mol. The van der Waals surface area contributed by atoms with E-state index in [1.165, 1.54) is 0 Å². The molecule has 0 saturated heterocycles. The predicted molar refractivity (Wildman–Crippen MR) is 81.1 cm³/mol. The fourth-order valence-electron chi connectivity index (χ4n) is 2.39. The summed E-state index contributed by atoms with van der Waals surface area (Å²) in [5, 5.41) is 10.6. The van der Waals surface area contributed by atoms with Crippen molar-refractivity contribution in [2.24, 2.45) is 0 Å². The van der Waals surface area contributed by atoms with E-state index < -0.39 is 6.10 Å². The Morgan fingerprint density at radius 3 is 3.00 bits per heavy atom. The number of aromatic amines is 1. The maximum absolute atomic E-state index is 12.3. The van der Waals surface area contributed by atoms with E-state index in [2.05, 4.69) is 15.5 Å². The van der Waals surface area contributed by atoms with Crippen LogP contribution in [0.1, 0.15) is 0 Å². The summed E-state index contributed by atoms with van der Waals surface area (Å²) in [6, 6.07) is 12.9. The molecular formula is C16H13N3O3. The number of hydrogen-bond donors (Lipinski definition) is 2. The van der Waals surface area contributed by atoms with Gasteiger partial charge in [-0.1, -0.05) is 12.1 Å². The molecule has 1 atom stereocenters. The normalized spacial score (nSPS) is 16.5. The van der Waals surface area contributed by atoms with Gasteiger partial charge >= 0.3 is 0 Å². The molecule has 22 heavy (non-hydrogen) atoms. The lowest BCUT2D eigenvalue weighted by Crippen LogP contribution is -2.40. The van der Waals surface area contributed by atoms with Crippen LogP contribution in [0.15, 0.2) is 48.7 Å². The molecule has 0 saturated carbocycles. The van der Waals surface area contributed by atoms with Crippen molar-refractivity contribution in [3.05, 3.63) is 48.7 Å². The van der Waals surface area contributed by atoms with Gasteiger partial charge in [-0.15, -0.1) is 0 Å². The minimum absolute atomic E-state index is 0.190. The molecule has 0 unspecified atom stereocenters. The number of amides is 1. The average Bonchev–Trinajstić information content (AvgIpc) is 3.02. The summed E-state index contributed by atoms with van der Waals surface area (Å²) in [6.45, 7) is 0.190. The zero-order chi connectivity index (χ0) is 14.9. The van der Waals surface area contributed by atoms with Gasteiger partial charge in [0.1, 0.15) is 6.61 Å². The molecule has 6 nitrogen and oxygen atoms in total. The maximum atomic E-state index is 12.3. The second kappa shape index (κ2) is 5.07. The van der Waals surface area contributed by atoms with Crippen LogP contribution in [0.3, 0.4) is 0 Å². The molecule has 2 aromatic carbocycles. The van der Waals surface area contributed by atoms with E-state index in [0.717, 1.165) is 10.9 Å². The van der Waals surface area contributed by atoms with Crippen LogP contribution in [0.5, 0.6) is 11.5 Å². The number of nitrogens with zero attached hydrogens (tertiary/aromatic N) is 1. The summed E-state index contributed by atoms with van der Waals surface area (Å²) in [7, 11) is 0. The lowest BCUT2D eigenvalue weighted by Gasteiger charge is -2.25. The van der Waals surface area contributed by atoms with Crippen molar-refractivity contribution in [1.82, 2.24) is 10.2 Å². The smallest absolute Gasteiger partial charge is 0.269 e. The molecule has 6 heteroatoms. The number of nitrogens with one attached hydrogen (secondary N) is 2. The lowest BCUT2D eigenvalue weighted by molar-refractivity contribution is -0.125. The molecule has 1 amide bonds. The zero-order valence-corrected chi connectivity index (χ0v) is 11.6. The zero-order valence-electron chi connectivity index (χ0n) is 11.6. The molecule has 4 rings (SSSR count). The first-order valence-electron chi connectivity index (χ1n) is 6.92. The second-order valence-electron chi connectivity index (χ2n) is 5.03. The van der Waals surface area contributed by atoms with Gasteiger partial charge < -0.3 is 14.8 Å². The Labute approximate surface area is 126 Å². The van der Waals surface area contributed by atoms with E-state index in [0.29, 0.717) is 17.2 Å². The Morgan fingerprint density at radius 2 is 2.09 bits per heavy atom. The molecule has 1 aliphatic heterocycles. The number of ether oxygens (including phenoxy) is 2. The van der Waals surface area contributed by atoms with Crippen molar-refractivity contribution in [3.63, 3.8) is 0 Å². The van der Waals surface area contributed by atoms with Crippen molar-refractivity contribution in [3.8, 4) is 11.5 Å². The summed E-state index contributed by atoms with van der Waals surface area (Å²) in [4.78, 5) is 12.3. The number of fused-ring (bicyclic) bond motifs is 2. The first kappa shape index (κ1) is 12.7. The van der Waals surface area contributed by atoms with Gasteiger partial charge in [-0.25, -0.2) is 0 Å². The maximum Gasteiger partial charge on any atom is 0.269 e. The van der Waals surface area contributed by atoms with E-state index in [4.69, 9.17) is 9.47 Å². The van der Waals surface area contributed by atoms with Gasteiger partial charge in [0.25, 0.3) is 5.91 Å². The molecule has 110 valence electrons. The van der Waals surface area contributed by atoms with Crippen LogP contribution in [-0.2, 0) is 4.79 Å². The van der Waals surface area contributed by atoms with Gasteiger partial charge in [0.15, 0.2) is 11.5 Å². The Kier molecular flexibility index (Phi) is 2.93. The summed E-state index contributed by atoms with van der Waals surface area (Å²) in [5.41, 5.74) is 1.55. The highest BCUT2D eigenvalue weighted by Crippen LogP contribution is 2.31. The third-order valence-corrected chi connectivity index (χ3v) is 3.51. The van der Waals surface area contributed by atoms with Gasteiger partial charge in [0.05, 0.1) is 11.7 Å². The highest BCUT2D eigenvalue weighted by Gasteiger charge is 2.27. The minimum Gasteiger partial charge on any atom is -0.485 e. The number of benzene rings is 2. The van der Waals surface area contributed by atoms with Crippen molar-refractivity contribution < 1.29 is 14.3 Å². The molecule has 2 N–H and O–H groups in total. The van der Waals surface area contributed by atoms with Crippen molar-refractivity contribution in [2.45, 2.75) is 6.10 Å². The van der Waals surface area contributed by atoms with Crippen molar-refractivity contribution in [2.75, 3.05) is 11.9 Å². The number of aromatic nitrogens is 2. The largest absolute Gasteiger partial charge is 0.485 e. The SMILES string of the molecule is O=C(Nc1ccc2cn[nH]c2c1)[C@H]1COc2ccccc2O1. The first-order chi connectivity index (χ1) is 10.8. The van der Waals surface area contributed by atoms with E-state index in [1.54, 1.807) is 12.3 Å². The van der Waals surface area contributed by atoms with Gasteiger partial charge in [-0.05, 0) is 30.3 Å². The van der Waals surface area contributed by atoms with E-state index in [9.17, 15) is 4.79 Å². The van der Waals surface area contributed by atoms with E-state index in [-0.39, 0.29) is 12.5 Å². The fourth-order valence-corrected chi connectivity index (χ4v) is 2.39. The predicted octanol–water partition coefficient (Wildman–Crippen LogP) is 2.34. The second-order valence-corrected chi connectivity index (χ2v) is 5.03. The standard InChI is InChI=1S/C16H13N3O3/c20-16(15-9-21-13-3-1-2-4-14(13)22-15)18-11-6-5-10-8-17-19-12(10)7-11/h1-8,15H,9H2,(H,17,19)(H,18,20)/t15-/m1/s1. The Balaban J connectivity index is 1.50. The highest BCUT2D eigenvalue weighted by atomic mass is 16.6. The molecule has 0 aliphatic carbocycles. The topological polar surface area (TPSA) is 76.2 Å². The third-order valence-electron chi connectivity index (χ3n) is 3.51. The number of anilines is 1. The number of carbonyl (C=O) groups excluding carboxylic acids is 1. The molecule has 0 spiro atoms. The summed E-state index contributed by atoms with van der Waals surface area (Å²) in [6.07, 6.45) is 1.06. The van der Waals surface area contributed by atoms with Crippen molar-refractivity contribution >= 4 is 22.5 Å². The minimum atomic E-state index is -0.674. The van der Waals surface area contributed by atoms with Gasteiger partial charge in [0, 0.05) is 11.1 Å². The van der Waals surface area contributed by atoms with E-state index in [1.807, 2.05) is 36.4 Å². The van der Waals surface area contributed by atoms with Crippen LogP contribution in [0.25, 0.3) is 10.9 Å². The van der Waals surface area contributed by atoms with Gasteiger partial charge in [-0.3, -0.25) is 9.89 Å². The fraction of sp³-hybridized carbons (Fsp3) is 0.125. The van der Waals surface area contributed by atoms with Crippen LogP contribution < -0.4 is 14.8 Å². The number of para-hydroxylation sites is 2. The molecule has 0 radical (unpaired) electrons. The summed E-state index contributed by atoms with van der Waals surface area (Å²) in [5.74, 6) is 0.997. The lowest BCUT2D eigenvalue weighted by atomic mass is 10.2. The first-order valence-corrected chi connectivity index (χ1v) is 6.92. The Morgan fingerprint density at radius 1 is 1.23 bits per heavy atom. The summed E-state index contributed by atoms with van der Waals surface area (Å²) >= 11 is 0. The third kappa shape index (κ3) is 2.24. The summed E-state index contributed by atoms with van der Waals surface area (Å²) < 4.78 is 11.2. The highest BCUT2D eigenvalue weighted by molar-refractivity contribution is 5.96. The quantitative estimate of drug-likeness (QED) is 0.761. The molecule has 1 aliphatic rings. The van der Waals surface area contributed by atoms with Crippen LogP contribution >= 0.6 is 0 Å². The number of hydrogen-bond acceptors (Lipinski definition) is 4. The van der Waals surface area contributed by atoms with Crippen LogP contribution in [-0.4, -0.2) is 28.8 Å². The van der Waals surface area contributed by atoms with Crippen LogP contribution in [0.4, 0.5) is 5.69 Å². The molecule has 0 fully saturated rings. The van der Waals surface area contributed by atoms with Gasteiger partial charge in [-0.2, -0.15) is 5.10 Å². The molecule has 3 aromatic rings. The molecular weight excluding hydrogens is 282 g/mol. The van der Waals surface area contributed by atoms with Crippen LogP contribution in [0, 0.1) is 0 Å².